The van der Waals surface area contributed by atoms with Crippen molar-refractivity contribution in [2.75, 3.05) is 6.54 Å². The molecule has 0 aromatic rings. The van der Waals surface area contributed by atoms with Crippen molar-refractivity contribution in [3.8, 4) is 0 Å². The number of carbonyl (C=O) groups is 1. The van der Waals surface area contributed by atoms with Gasteiger partial charge in [0.25, 0.3) is 0 Å². The molecule has 0 aliphatic rings. The maximum Gasteiger partial charge on any atom is 0.223 e. The third-order valence-electron chi connectivity index (χ3n) is 3.01. The van der Waals surface area contributed by atoms with E-state index < -0.39 is 0 Å². The zero-order chi connectivity index (χ0) is 11.3. The van der Waals surface area contributed by atoms with Crippen LogP contribution in [-0.2, 0) is 4.79 Å². The lowest BCUT2D eigenvalue weighted by Gasteiger charge is -2.23. The first-order chi connectivity index (χ1) is 6.40. The molecule has 14 heavy (non-hydrogen) atoms. The molecule has 0 rings (SSSR count). The van der Waals surface area contributed by atoms with Gasteiger partial charge < -0.3 is 11.1 Å². The third kappa shape index (κ3) is 4.09. The highest BCUT2D eigenvalue weighted by Crippen LogP contribution is 2.10. The van der Waals surface area contributed by atoms with Crippen molar-refractivity contribution >= 4 is 5.91 Å². The van der Waals surface area contributed by atoms with E-state index in [-0.39, 0.29) is 17.9 Å². The fraction of sp³-hybridized carbons (Fsp3) is 0.909. The summed E-state index contributed by atoms with van der Waals surface area (Å²) >= 11 is 0. The van der Waals surface area contributed by atoms with Crippen LogP contribution in [0.5, 0.6) is 0 Å². The van der Waals surface area contributed by atoms with Gasteiger partial charge in [-0.05, 0) is 25.3 Å². The SMILES string of the molecule is CC(C)C(C)C(=O)NC(C)C(C)CN. The van der Waals surface area contributed by atoms with Crippen molar-refractivity contribution in [1.29, 1.82) is 0 Å². The first-order valence-electron chi connectivity index (χ1n) is 5.40. The first kappa shape index (κ1) is 13.4. The highest BCUT2D eigenvalue weighted by molar-refractivity contribution is 5.78. The molecule has 0 fully saturated rings. The van der Waals surface area contributed by atoms with Crippen molar-refractivity contribution < 1.29 is 4.79 Å². The Labute approximate surface area is 87.4 Å². The van der Waals surface area contributed by atoms with Crippen LogP contribution in [0.3, 0.4) is 0 Å². The predicted octanol–water partition coefficient (Wildman–Crippen LogP) is 1.38. The largest absolute Gasteiger partial charge is 0.353 e. The molecule has 0 saturated heterocycles. The number of carbonyl (C=O) groups excluding carboxylic acids is 1. The second-order valence-corrected chi connectivity index (χ2v) is 4.54. The summed E-state index contributed by atoms with van der Waals surface area (Å²) in [6, 6.07) is 0.161. The Morgan fingerprint density at radius 2 is 1.71 bits per heavy atom. The van der Waals surface area contributed by atoms with Gasteiger partial charge in [-0.25, -0.2) is 0 Å². The van der Waals surface area contributed by atoms with Gasteiger partial charge in [-0.15, -0.1) is 0 Å². The van der Waals surface area contributed by atoms with Gasteiger partial charge >= 0.3 is 0 Å². The molecule has 84 valence electrons. The van der Waals surface area contributed by atoms with Crippen LogP contribution in [0.2, 0.25) is 0 Å². The molecule has 3 N–H and O–H groups in total. The lowest BCUT2D eigenvalue weighted by atomic mass is 9.96. The van der Waals surface area contributed by atoms with Crippen molar-refractivity contribution in [3.05, 3.63) is 0 Å². The van der Waals surface area contributed by atoms with E-state index in [9.17, 15) is 4.79 Å². The molecule has 1 amide bonds. The van der Waals surface area contributed by atoms with Crippen molar-refractivity contribution in [2.45, 2.75) is 40.7 Å². The number of rotatable bonds is 5. The van der Waals surface area contributed by atoms with E-state index in [1.165, 1.54) is 0 Å². The Morgan fingerprint density at radius 1 is 1.21 bits per heavy atom. The van der Waals surface area contributed by atoms with Gasteiger partial charge in [0.2, 0.25) is 5.91 Å². The topological polar surface area (TPSA) is 55.1 Å². The number of amides is 1. The Balaban J connectivity index is 4.05. The fourth-order valence-electron chi connectivity index (χ4n) is 1.00. The van der Waals surface area contributed by atoms with Crippen LogP contribution >= 0.6 is 0 Å². The summed E-state index contributed by atoms with van der Waals surface area (Å²) in [7, 11) is 0. The van der Waals surface area contributed by atoms with Gasteiger partial charge in [0.15, 0.2) is 0 Å². The Bertz CT molecular complexity index is 180. The molecule has 0 aromatic carbocycles. The normalized spacial score (nSPS) is 17.6. The number of hydrogen-bond donors (Lipinski definition) is 2. The van der Waals surface area contributed by atoms with Gasteiger partial charge in [-0.2, -0.15) is 0 Å². The van der Waals surface area contributed by atoms with E-state index in [0.29, 0.717) is 18.4 Å². The summed E-state index contributed by atoms with van der Waals surface area (Å²) in [4.78, 5) is 11.7. The molecule has 0 saturated carbocycles. The smallest absolute Gasteiger partial charge is 0.223 e. The van der Waals surface area contributed by atoms with Gasteiger partial charge in [-0.1, -0.05) is 27.7 Å². The monoisotopic (exact) mass is 200 g/mol. The van der Waals surface area contributed by atoms with Gasteiger partial charge in [-0.3, -0.25) is 4.79 Å². The molecule has 0 aromatic heterocycles. The van der Waals surface area contributed by atoms with Gasteiger partial charge in [0, 0.05) is 12.0 Å². The van der Waals surface area contributed by atoms with Crippen molar-refractivity contribution in [2.24, 2.45) is 23.5 Å². The average Bonchev–Trinajstić information content (AvgIpc) is 2.14. The summed E-state index contributed by atoms with van der Waals surface area (Å²) < 4.78 is 0. The lowest BCUT2D eigenvalue weighted by Crippen LogP contribution is -2.43. The fourth-order valence-corrected chi connectivity index (χ4v) is 1.00. The van der Waals surface area contributed by atoms with E-state index in [1.807, 2.05) is 20.8 Å². The third-order valence-corrected chi connectivity index (χ3v) is 3.01. The Hall–Kier alpha value is -0.570. The lowest BCUT2D eigenvalue weighted by molar-refractivity contribution is -0.126. The quantitative estimate of drug-likeness (QED) is 0.704. The molecule has 3 heteroatoms. The Morgan fingerprint density at radius 3 is 2.07 bits per heavy atom. The van der Waals surface area contributed by atoms with Crippen LogP contribution < -0.4 is 11.1 Å². The molecule has 0 heterocycles. The molecule has 0 spiro atoms. The summed E-state index contributed by atoms with van der Waals surface area (Å²) in [5.74, 6) is 0.920. The zero-order valence-electron chi connectivity index (χ0n) is 10.0. The predicted molar refractivity (Wildman–Crippen MR) is 59.8 cm³/mol. The van der Waals surface area contributed by atoms with E-state index in [4.69, 9.17) is 5.73 Å². The highest BCUT2D eigenvalue weighted by Gasteiger charge is 2.20. The van der Waals surface area contributed by atoms with E-state index in [2.05, 4.69) is 19.2 Å². The molecule has 0 radical (unpaired) electrons. The number of nitrogens with two attached hydrogens (primary N) is 1. The van der Waals surface area contributed by atoms with Crippen molar-refractivity contribution in [3.63, 3.8) is 0 Å². The molecule has 3 nitrogen and oxygen atoms in total. The molecule has 0 bridgehead atoms. The minimum atomic E-state index is 0.0717. The van der Waals surface area contributed by atoms with Crippen LogP contribution in [-0.4, -0.2) is 18.5 Å². The molecule has 3 unspecified atom stereocenters. The zero-order valence-corrected chi connectivity index (χ0v) is 10.0. The van der Waals surface area contributed by atoms with E-state index in [1.54, 1.807) is 0 Å². The molecule has 0 aliphatic carbocycles. The number of hydrogen-bond acceptors (Lipinski definition) is 2. The molecular weight excluding hydrogens is 176 g/mol. The highest BCUT2D eigenvalue weighted by atomic mass is 16.1. The second kappa shape index (κ2) is 6.02. The summed E-state index contributed by atoms with van der Waals surface area (Å²) in [5.41, 5.74) is 5.53. The maximum atomic E-state index is 11.7. The summed E-state index contributed by atoms with van der Waals surface area (Å²) in [6.45, 7) is 10.7. The van der Waals surface area contributed by atoms with E-state index >= 15 is 0 Å². The summed E-state index contributed by atoms with van der Waals surface area (Å²) in [6.07, 6.45) is 0. The second-order valence-electron chi connectivity index (χ2n) is 4.54. The summed E-state index contributed by atoms with van der Waals surface area (Å²) in [5, 5.41) is 2.99. The average molecular weight is 200 g/mol. The van der Waals surface area contributed by atoms with Crippen LogP contribution in [0.1, 0.15) is 34.6 Å². The standard InChI is InChI=1S/C11H24N2O/c1-7(2)9(4)11(14)13-10(5)8(3)6-12/h7-10H,6,12H2,1-5H3,(H,13,14). The van der Waals surface area contributed by atoms with Crippen LogP contribution in [0, 0.1) is 17.8 Å². The molecule has 0 aliphatic heterocycles. The van der Waals surface area contributed by atoms with Crippen LogP contribution in [0.4, 0.5) is 0 Å². The van der Waals surface area contributed by atoms with Crippen molar-refractivity contribution in [1.82, 2.24) is 5.32 Å². The molecular formula is C11H24N2O. The van der Waals surface area contributed by atoms with Crippen LogP contribution in [0.15, 0.2) is 0 Å². The Kier molecular flexibility index (Phi) is 5.77. The van der Waals surface area contributed by atoms with Gasteiger partial charge in [0.1, 0.15) is 0 Å². The minimum absolute atomic E-state index is 0.0717. The van der Waals surface area contributed by atoms with Gasteiger partial charge in [0.05, 0.1) is 0 Å². The first-order valence-corrected chi connectivity index (χ1v) is 5.40. The minimum Gasteiger partial charge on any atom is -0.353 e. The van der Waals surface area contributed by atoms with Crippen LogP contribution in [0.25, 0.3) is 0 Å². The van der Waals surface area contributed by atoms with E-state index in [0.717, 1.165) is 0 Å². The maximum absolute atomic E-state index is 11.7. The number of nitrogens with one attached hydrogen (secondary N) is 1. The molecule has 3 atom stereocenters.